The SMILES string of the molecule is CCOc1cc(C)c(OC(F)(F)F)cc1C(F)(F)F. The molecule has 0 saturated carbocycles. The molecule has 108 valence electrons. The third-order valence-corrected chi connectivity index (χ3v) is 2.11. The van der Waals surface area contributed by atoms with E-state index in [0.717, 1.165) is 6.07 Å². The molecule has 1 rings (SSSR count). The Morgan fingerprint density at radius 1 is 1.00 bits per heavy atom. The van der Waals surface area contributed by atoms with Crippen molar-refractivity contribution in [2.24, 2.45) is 0 Å². The fourth-order valence-electron chi connectivity index (χ4n) is 1.39. The van der Waals surface area contributed by atoms with E-state index in [1.165, 1.54) is 13.8 Å². The lowest BCUT2D eigenvalue weighted by Gasteiger charge is -2.17. The van der Waals surface area contributed by atoms with Crippen molar-refractivity contribution in [3.63, 3.8) is 0 Å². The van der Waals surface area contributed by atoms with Gasteiger partial charge in [0.25, 0.3) is 0 Å². The summed E-state index contributed by atoms with van der Waals surface area (Å²) in [4.78, 5) is 0. The van der Waals surface area contributed by atoms with E-state index in [1.54, 1.807) is 0 Å². The van der Waals surface area contributed by atoms with Gasteiger partial charge in [-0.2, -0.15) is 13.2 Å². The second-order valence-corrected chi connectivity index (χ2v) is 3.59. The van der Waals surface area contributed by atoms with Crippen LogP contribution in [0.4, 0.5) is 26.3 Å². The molecule has 0 bridgehead atoms. The zero-order valence-corrected chi connectivity index (χ0v) is 9.95. The van der Waals surface area contributed by atoms with Crippen LogP contribution in [0.15, 0.2) is 12.1 Å². The Morgan fingerprint density at radius 2 is 1.58 bits per heavy atom. The van der Waals surface area contributed by atoms with Gasteiger partial charge in [-0.1, -0.05) is 0 Å². The molecule has 0 aliphatic heterocycles. The van der Waals surface area contributed by atoms with Crippen LogP contribution in [0.1, 0.15) is 18.1 Å². The maximum absolute atomic E-state index is 12.7. The second kappa shape index (κ2) is 5.18. The molecule has 0 atom stereocenters. The van der Waals surface area contributed by atoms with E-state index < -0.39 is 29.6 Å². The van der Waals surface area contributed by atoms with Gasteiger partial charge in [0, 0.05) is 0 Å². The molecule has 0 saturated heterocycles. The lowest BCUT2D eigenvalue weighted by Crippen LogP contribution is -2.19. The van der Waals surface area contributed by atoms with Crippen LogP contribution in [0, 0.1) is 6.92 Å². The van der Waals surface area contributed by atoms with Crippen LogP contribution in [0.2, 0.25) is 0 Å². The topological polar surface area (TPSA) is 18.5 Å². The summed E-state index contributed by atoms with van der Waals surface area (Å²) in [5, 5.41) is 0. The third-order valence-electron chi connectivity index (χ3n) is 2.11. The van der Waals surface area contributed by atoms with E-state index in [1.807, 2.05) is 0 Å². The van der Waals surface area contributed by atoms with Crippen LogP contribution < -0.4 is 9.47 Å². The fourth-order valence-corrected chi connectivity index (χ4v) is 1.39. The summed E-state index contributed by atoms with van der Waals surface area (Å²) >= 11 is 0. The van der Waals surface area contributed by atoms with Gasteiger partial charge in [0.05, 0.1) is 6.61 Å². The molecular formula is C11H10F6O2. The van der Waals surface area contributed by atoms with Crippen LogP contribution >= 0.6 is 0 Å². The molecule has 0 radical (unpaired) electrons. The second-order valence-electron chi connectivity index (χ2n) is 3.59. The summed E-state index contributed by atoms with van der Waals surface area (Å²) in [7, 11) is 0. The van der Waals surface area contributed by atoms with Crippen molar-refractivity contribution in [1.29, 1.82) is 0 Å². The Balaban J connectivity index is 3.30. The molecular weight excluding hydrogens is 278 g/mol. The van der Waals surface area contributed by atoms with Crippen molar-refractivity contribution in [3.8, 4) is 11.5 Å². The van der Waals surface area contributed by atoms with Gasteiger partial charge in [0.15, 0.2) is 0 Å². The quantitative estimate of drug-likeness (QED) is 0.771. The monoisotopic (exact) mass is 288 g/mol. The van der Waals surface area contributed by atoms with Gasteiger partial charge < -0.3 is 9.47 Å². The average Bonchev–Trinajstić information content (AvgIpc) is 2.18. The van der Waals surface area contributed by atoms with Gasteiger partial charge in [-0.25, -0.2) is 0 Å². The van der Waals surface area contributed by atoms with Crippen molar-refractivity contribution < 1.29 is 35.8 Å². The van der Waals surface area contributed by atoms with E-state index in [9.17, 15) is 26.3 Å². The Labute approximate surface area is 104 Å². The molecule has 2 nitrogen and oxygen atoms in total. The first-order chi connectivity index (χ1) is 8.54. The Hall–Kier alpha value is -1.60. The largest absolute Gasteiger partial charge is 0.573 e. The molecule has 0 aromatic heterocycles. The smallest absolute Gasteiger partial charge is 0.493 e. The molecule has 0 aliphatic carbocycles. The molecule has 1 aromatic rings. The number of hydrogen-bond donors (Lipinski definition) is 0. The van der Waals surface area contributed by atoms with E-state index in [4.69, 9.17) is 4.74 Å². The molecule has 0 aliphatic rings. The third kappa shape index (κ3) is 4.22. The van der Waals surface area contributed by atoms with Crippen molar-refractivity contribution in [3.05, 3.63) is 23.3 Å². The molecule has 19 heavy (non-hydrogen) atoms. The zero-order valence-electron chi connectivity index (χ0n) is 9.95. The highest BCUT2D eigenvalue weighted by Gasteiger charge is 2.37. The van der Waals surface area contributed by atoms with Gasteiger partial charge in [-0.15, -0.1) is 13.2 Å². The molecule has 0 N–H and O–H groups in total. The first-order valence-electron chi connectivity index (χ1n) is 5.15. The van der Waals surface area contributed by atoms with Crippen LogP contribution in [0.3, 0.4) is 0 Å². The number of ether oxygens (including phenoxy) is 2. The number of aryl methyl sites for hydroxylation is 1. The Morgan fingerprint density at radius 3 is 2.00 bits per heavy atom. The number of hydrogen-bond acceptors (Lipinski definition) is 2. The first kappa shape index (κ1) is 15.5. The lowest BCUT2D eigenvalue weighted by atomic mass is 10.1. The van der Waals surface area contributed by atoms with Crippen molar-refractivity contribution in [2.75, 3.05) is 6.61 Å². The number of halogens is 6. The average molecular weight is 288 g/mol. The molecule has 0 amide bonds. The van der Waals surface area contributed by atoms with Gasteiger partial charge in [-0.3, -0.25) is 0 Å². The highest BCUT2D eigenvalue weighted by atomic mass is 19.4. The van der Waals surface area contributed by atoms with Gasteiger partial charge in [0.2, 0.25) is 0 Å². The van der Waals surface area contributed by atoms with E-state index >= 15 is 0 Å². The highest BCUT2D eigenvalue weighted by Crippen LogP contribution is 2.41. The van der Waals surface area contributed by atoms with Gasteiger partial charge in [-0.05, 0) is 31.5 Å². The molecule has 0 fully saturated rings. The zero-order chi connectivity index (χ0) is 14.8. The van der Waals surface area contributed by atoms with Crippen LogP contribution in [-0.2, 0) is 6.18 Å². The Bertz CT molecular complexity index is 450. The molecule has 0 unspecified atom stereocenters. The molecule has 0 spiro atoms. The summed E-state index contributed by atoms with van der Waals surface area (Å²) < 4.78 is 82.6. The van der Waals surface area contributed by atoms with Crippen LogP contribution in [0.25, 0.3) is 0 Å². The minimum atomic E-state index is -5.05. The number of alkyl halides is 6. The lowest BCUT2D eigenvalue weighted by molar-refractivity contribution is -0.275. The Kier molecular flexibility index (Phi) is 4.21. The minimum absolute atomic E-state index is 0.0397. The minimum Gasteiger partial charge on any atom is -0.493 e. The number of benzene rings is 1. The van der Waals surface area contributed by atoms with Crippen LogP contribution in [-0.4, -0.2) is 13.0 Å². The van der Waals surface area contributed by atoms with Crippen molar-refractivity contribution >= 4 is 0 Å². The van der Waals surface area contributed by atoms with E-state index in [-0.39, 0.29) is 18.2 Å². The van der Waals surface area contributed by atoms with Crippen LogP contribution in [0.5, 0.6) is 11.5 Å². The normalized spacial score (nSPS) is 12.4. The summed E-state index contributed by atoms with van der Waals surface area (Å²) in [5.74, 6) is -1.43. The van der Waals surface area contributed by atoms with E-state index in [0.29, 0.717) is 0 Å². The highest BCUT2D eigenvalue weighted by molar-refractivity contribution is 5.47. The summed E-state index contributed by atoms with van der Waals surface area (Å²) in [6, 6.07) is 1.15. The molecule has 1 aromatic carbocycles. The summed E-state index contributed by atoms with van der Waals surface area (Å²) in [6.07, 6.45) is -9.89. The van der Waals surface area contributed by atoms with E-state index in [2.05, 4.69) is 4.74 Å². The maximum Gasteiger partial charge on any atom is 0.573 e. The molecule has 0 heterocycles. The predicted octanol–water partition coefficient (Wildman–Crippen LogP) is 4.31. The maximum atomic E-state index is 12.7. The van der Waals surface area contributed by atoms with Gasteiger partial charge in [0.1, 0.15) is 17.1 Å². The predicted molar refractivity (Wildman–Crippen MR) is 54.0 cm³/mol. The van der Waals surface area contributed by atoms with Crippen molar-refractivity contribution in [1.82, 2.24) is 0 Å². The standard InChI is InChI=1S/C11H10F6O2/c1-3-18-9-4-6(2)8(19-11(15,16)17)5-7(9)10(12,13)14/h4-5H,3H2,1-2H3. The summed E-state index contributed by atoms with van der Waals surface area (Å²) in [5.41, 5.74) is -1.41. The first-order valence-corrected chi connectivity index (χ1v) is 5.15. The molecule has 8 heteroatoms. The van der Waals surface area contributed by atoms with Crippen molar-refractivity contribution in [2.45, 2.75) is 26.4 Å². The van der Waals surface area contributed by atoms with Gasteiger partial charge >= 0.3 is 12.5 Å². The number of rotatable bonds is 3. The summed E-state index contributed by atoms with van der Waals surface area (Å²) in [6.45, 7) is 2.63. The fraction of sp³-hybridized carbons (Fsp3) is 0.455.